The Morgan fingerprint density at radius 2 is 1.90 bits per heavy atom. The number of pyridine rings is 1. The fourth-order valence-electron chi connectivity index (χ4n) is 1.99. The van der Waals surface area contributed by atoms with Crippen LogP contribution < -0.4 is 5.73 Å². The number of anilines is 1. The summed E-state index contributed by atoms with van der Waals surface area (Å²) in [6.07, 6.45) is 2.48. The average molecular weight is 308 g/mol. The molecule has 4 nitrogen and oxygen atoms in total. The van der Waals surface area contributed by atoms with E-state index in [1.54, 1.807) is 0 Å². The molecule has 0 saturated carbocycles. The van der Waals surface area contributed by atoms with Crippen LogP contribution >= 0.6 is 11.6 Å². The first kappa shape index (κ1) is 13.5. The summed E-state index contributed by atoms with van der Waals surface area (Å²) in [4.78, 5) is 3.75. The van der Waals surface area contributed by atoms with Gasteiger partial charge in [0, 0.05) is 17.3 Å². The molecule has 0 saturated heterocycles. The van der Waals surface area contributed by atoms with Crippen molar-refractivity contribution >= 4 is 17.5 Å². The van der Waals surface area contributed by atoms with Gasteiger partial charge in [0.15, 0.2) is 0 Å². The normalized spacial score (nSPS) is 10.8. The highest BCUT2D eigenvalue weighted by molar-refractivity contribution is 6.33. The summed E-state index contributed by atoms with van der Waals surface area (Å²) in [5, 5.41) is 3.96. The Balaban J connectivity index is 2.22. The second-order valence-electron chi connectivity index (χ2n) is 4.29. The molecule has 3 aromatic rings. The number of halogens is 3. The summed E-state index contributed by atoms with van der Waals surface area (Å²) in [6.45, 7) is 0. The highest BCUT2D eigenvalue weighted by atomic mass is 35.5. The van der Waals surface area contributed by atoms with E-state index in [0.717, 1.165) is 12.3 Å². The lowest BCUT2D eigenvalue weighted by Crippen LogP contribution is -1.90. The van der Waals surface area contributed by atoms with Crippen LogP contribution in [0.15, 0.2) is 41.2 Å². The van der Waals surface area contributed by atoms with E-state index in [-0.39, 0.29) is 16.6 Å². The van der Waals surface area contributed by atoms with E-state index in [0.29, 0.717) is 16.7 Å². The van der Waals surface area contributed by atoms with Crippen molar-refractivity contribution in [3.05, 3.63) is 53.3 Å². The molecule has 0 fully saturated rings. The number of nitrogens with zero attached hydrogens (tertiary/aromatic N) is 2. The van der Waals surface area contributed by atoms with Gasteiger partial charge in [-0.1, -0.05) is 16.8 Å². The van der Waals surface area contributed by atoms with Crippen molar-refractivity contribution in [2.45, 2.75) is 0 Å². The van der Waals surface area contributed by atoms with E-state index < -0.39 is 11.6 Å². The van der Waals surface area contributed by atoms with Crippen LogP contribution in [0.3, 0.4) is 0 Å². The van der Waals surface area contributed by atoms with E-state index in [9.17, 15) is 8.78 Å². The quantitative estimate of drug-likeness (QED) is 0.779. The van der Waals surface area contributed by atoms with Gasteiger partial charge >= 0.3 is 0 Å². The fraction of sp³-hybridized carbons (Fsp3) is 0. The van der Waals surface area contributed by atoms with Crippen LogP contribution in [0.25, 0.3) is 22.4 Å². The SMILES string of the molecule is Nc1onc(-c2cncc(F)c2)c1-c1ccc(F)cc1Cl. The lowest BCUT2D eigenvalue weighted by molar-refractivity contribution is 0.439. The fourth-order valence-corrected chi connectivity index (χ4v) is 2.26. The van der Waals surface area contributed by atoms with Crippen molar-refractivity contribution < 1.29 is 13.3 Å². The molecule has 0 aliphatic heterocycles. The molecule has 0 aliphatic rings. The largest absolute Gasteiger partial charge is 0.367 e. The van der Waals surface area contributed by atoms with Gasteiger partial charge in [-0.15, -0.1) is 0 Å². The molecule has 0 radical (unpaired) electrons. The average Bonchev–Trinajstić information content (AvgIpc) is 2.81. The van der Waals surface area contributed by atoms with Crippen molar-refractivity contribution in [2.75, 3.05) is 5.73 Å². The molecule has 0 aliphatic carbocycles. The number of benzene rings is 1. The van der Waals surface area contributed by atoms with Crippen molar-refractivity contribution in [3.63, 3.8) is 0 Å². The van der Waals surface area contributed by atoms with Crippen molar-refractivity contribution in [1.82, 2.24) is 10.1 Å². The van der Waals surface area contributed by atoms with E-state index >= 15 is 0 Å². The van der Waals surface area contributed by atoms with Gasteiger partial charge < -0.3 is 10.3 Å². The highest BCUT2D eigenvalue weighted by Gasteiger charge is 2.20. The molecule has 7 heteroatoms. The Hall–Kier alpha value is -2.47. The second kappa shape index (κ2) is 5.14. The predicted molar refractivity (Wildman–Crippen MR) is 74.5 cm³/mol. The van der Waals surface area contributed by atoms with Gasteiger partial charge in [0.1, 0.15) is 17.3 Å². The smallest absolute Gasteiger partial charge is 0.230 e. The zero-order valence-corrected chi connectivity index (χ0v) is 11.2. The summed E-state index contributed by atoms with van der Waals surface area (Å²) in [5.41, 5.74) is 7.23. The molecule has 0 spiro atoms. The second-order valence-corrected chi connectivity index (χ2v) is 4.69. The Labute approximate surface area is 123 Å². The first-order valence-corrected chi connectivity index (χ1v) is 6.25. The molecule has 0 amide bonds. The maximum absolute atomic E-state index is 13.3. The lowest BCUT2D eigenvalue weighted by Gasteiger charge is -2.05. The van der Waals surface area contributed by atoms with Crippen LogP contribution in [0, 0.1) is 11.6 Å². The standard InChI is InChI=1S/C14H8ClF2N3O/c15-11-4-8(16)1-2-10(11)12-13(20-21-14(12)18)7-3-9(17)6-19-5-7/h1-6H,18H2. The summed E-state index contributed by atoms with van der Waals surface area (Å²) in [5.74, 6) is -0.999. The first-order valence-electron chi connectivity index (χ1n) is 5.88. The zero-order chi connectivity index (χ0) is 15.0. The molecule has 2 aromatic heterocycles. The van der Waals surface area contributed by atoms with Crippen molar-refractivity contribution in [2.24, 2.45) is 0 Å². The number of nitrogens with two attached hydrogens (primary N) is 1. The maximum Gasteiger partial charge on any atom is 0.230 e. The van der Waals surface area contributed by atoms with Crippen molar-refractivity contribution in [3.8, 4) is 22.4 Å². The maximum atomic E-state index is 13.3. The Morgan fingerprint density at radius 1 is 1.10 bits per heavy atom. The van der Waals surface area contributed by atoms with E-state index in [4.69, 9.17) is 21.9 Å². The van der Waals surface area contributed by atoms with E-state index in [1.165, 1.54) is 24.4 Å². The zero-order valence-electron chi connectivity index (χ0n) is 10.5. The van der Waals surface area contributed by atoms with Gasteiger partial charge in [-0.2, -0.15) is 0 Å². The van der Waals surface area contributed by atoms with E-state index in [2.05, 4.69) is 10.1 Å². The van der Waals surface area contributed by atoms with Crippen LogP contribution in [0.1, 0.15) is 0 Å². The number of hydrogen-bond donors (Lipinski definition) is 1. The number of rotatable bonds is 2. The molecule has 21 heavy (non-hydrogen) atoms. The Morgan fingerprint density at radius 3 is 2.62 bits per heavy atom. The lowest BCUT2D eigenvalue weighted by atomic mass is 10.0. The molecule has 106 valence electrons. The minimum Gasteiger partial charge on any atom is -0.367 e. The summed E-state index contributed by atoms with van der Waals surface area (Å²) in [6, 6.07) is 5.08. The van der Waals surface area contributed by atoms with Gasteiger partial charge in [0.2, 0.25) is 5.88 Å². The third kappa shape index (κ3) is 2.45. The van der Waals surface area contributed by atoms with Crippen LogP contribution in [-0.2, 0) is 0 Å². The minimum absolute atomic E-state index is 0.00256. The molecule has 0 bridgehead atoms. The molecule has 3 rings (SSSR count). The van der Waals surface area contributed by atoms with Crippen molar-refractivity contribution in [1.29, 1.82) is 0 Å². The topological polar surface area (TPSA) is 64.9 Å². The molecule has 2 heterocycles. The van der Waals surface area contributed by atoms with Gasteiger partial charge in [-0.3, -0.25) is 4.98 Å². The summed E-state index contributed by atoms with van der Waals surface area (Å²) in [7, 11) is 0. The third-order valence-electron chi connectivity index (χ3n) is 2.90. The van der Waals surface area contributed by atoms with Crippen LogP contribution in [0.4, 0.5) is 14.7 Å². The summed E-state index contributed by atoms with van der Waals surface area (Å²) < 4.78 is 31.4. The van der Waals surface area contributed by atoms with Gasteiger partial charge in [-0.25, -0.2) is 8.78 Å². The molecule has 0 atom stereocenters. The van der Waals surface area contributed by atoms with E-state index in [1.807, 2.05) is 0 Å². The predicted octanol–water partition coefficient (Wildman–Crippen LogP) is 3.92. The summed E-state index contributed by atoms with van der Waals surface area (Å²) >= 11 is 6.03. The molecule has 1 aromatic carbocycles. The number of hydrogen-bond acceptors (Lipinski definition) is 4. The highest BCUT2D eigenvalue weighted by Crippen LogP contribution is 2.39. The molecular formula is C14H8ClF2N3O. The van der Waals surface area contributed by atoms with Gasteiger partial charge in [-0.05, 0) is 24.3 Å². The van der Waals surface area contributed by atoms with Crippen LogP contribution in [0.2, 0.25) is 5.02 Å². The molecule has 2 N–H and O–H groups in total. The number of nitrogen functional groups attached to an aromatic ring is 1. The van der Waals surface area contributed by atoms with Crippen LogP contribution in [0.5, 0.6) is 0 Å². The Kier molecular flexibility index (Phi) is 3.31. The van der Waals surface area contributed by atoms with Crippen LogP contribution in [-0.4, -0.2) is 10.1 Å². The monoisotopic (exact) mass is 307 g/mol. The molecule has 0 unspecified atom stereocenters. The molecular weight excluding hydrogens is 300 g/mol. The minimum atomic E-state index is -0.523. The third-order valence-corrected chi connectivity index (χ3v) is 3.21. The Bertz CT molecular complexity index is 820. The first-order chi connectivity index (χ1) is 10.1. The van der Waals surface area contributed by atoms with Gasteiger partial charge in [0.05, 0.1) is 16.8 Å². The van der Waals surface area contributed by atoms with Gasteiger partial charge in [0.25, 0.3) is 0 Å². The number of aromatic nitrogens is 2.